The summed E-state index contributed by atoms with van der Waals surface area (Å²) in [5.74, 6) is -1.10. The molecule has 0 aliphatic carbocycles. The average molecular weight is 298 g/mol. The van der Waals surface area contributed by atoms with Crippen molar-refractivity contribution in [3.63, 3.8) is 0 Å². The van der Waals surface area contributed by atoms with Crippen molar-refractivity contribution < 1.29 is 14.7 Å². The highest BCUT2D eigenvalue weighted by atomic mass is 32.1. The molecule has 2 N–H and O–H groups in total. The van der Waals surface area contributed by atoms with E-state index in [1.54, 1.807) is 30.1 Å². The van der Waals surface area contributed by atoms with Gasteiger partial charge in [0, 0.05) is 4.88 Å². The van der Waals surface area contributed by atoms with Gasteiger partial charge in [0.1, 0.15) is 5.54 Å². The van der Waals surface area contributed by atoms with Crippen molar-refractivity contribution >= 4 is 23.2 Å². The number of hydrogen-bond acceptors (Lipinski definition) is 4. The third-order valence-electron chi connectivity index (χ3n) is 3.38. The van der Waals surface area contributed by atoms with E-state index in [9.17, 15) is 14.7 Å². The molecule has 1 atom stereocenters. The topological polar surface area (TPSA) is 69.6 Å². The zero-order chi connectivity index (χ0) is 15.3. The lowest BCUT2D eigenvalue weighted by Gasteiger charge is -2.33. The van der Waals surface area contributed by atoms with Crippen molar-refractivity contribution in [2.24, 2.45) is 0 Å². The molecule has 1 aromatic rings. The van der Waals surface area contributed by atoms with Crippen LogP contribution in [0.3, 0.4) is 0 Å². The number of rotatable bonds is 7. The van der Waals surface area contributed by atoms with Gasteiger partial charge in [0.15, 0.2) is 0 Å². The summed E-state index contributed by atoms with van der Waals surface area (Å²) in [5.41, 5.74) is -1.06. The summed E-state index contributed by atoms with van der Waals surface area (Å²) in [6, 6.07) is 3.84. The van der Waals surface area contributed by atoms with E-state index in [4.69, 9.17) is 0 Å². The van der Waals surface area contributed by atoms with E-state index in [1.165, 1.54) is 0 Å². The molecule has 0 aliphatic heterocycles. The first-order valence-corrected chi connectivity index (χ1v) is 7.48. The number of aliphatic carboxylic acids is 1. The first kappa shape index (κ1) is 16.7. The third-order valence-corrected chi connectivity index (χ3v) is 4.43. The first-order valence-electron chi connectivity index (χ1n) is 6.60. The Balaban J connectivity index is 2.62. The summed E-state index contributed by atoms with van der Waals surface area (Å²) < 4.78 is 0. The van der Waals surface area contributed by atoms with Gasteiger partial charge in [-0.2, -0.15) is 0 Å². The van der Waals surface area contributed by atoms with Gasteiger partial charge in [-0.15, -0.1) is 11.3 Å². The molecule has 1 rings (SSSR count). The number of nitrogens with zero attached hydrogens (tertiary/aromatic N) is 1. The quantitative estimate of drug-likeness (QED) is 0.809. The number of nitrogens with one attached hydrogen (secondary N) is 1. The number of hydrogen-bond donors (Lipinski definition) is 2. The van der Waals surface area contributed by atoms with Crippen molar-refractivity contribution in [1.82, 2.24) is 10.2 Å². The Hall–Kier alpha value is -1.40. The zero-order valence-corrected chi connectivity index (χ0v) is 13.2. The number of carbonyl (C=O) groups excluding carboxylic acids is 1. The molecule has 6 heteroatoms. The average Bonchev–Trinajstić information content (AvgIpc) is 2.89. The maximum Gasteiger partial charge on any atom is 0.323 e. The minimum absolute atomic E-state index is 0.0610. The monoisotopic (exact) mass is 298 g/mol. The molecule has 1 aromatic heterocycles. The molecule has 1 unspecified atom stereocenters. The number of carbonyl (C=O) groups is 2. The molecule has 0 radical (unpaired) electrons. The maximum atomic E-state index is 12.0. The Kier molecular flexibility index (Phi) is 5.71. The Morgan fingerprint density at radius 1 is 1.50 bits per heavy atom. The molecule has 0 aromatic carbocycles. The van der Waals surface area contributed by atoms with Gasteiger partial charge >= 0.3 is 5.97 Å². The van der Waals surface area contributed by atoms with E-state index >= 15 is 0 Å². The van der Waals surface area contributed by atoms with Crippen molar-refractivity contribution in [1.29, 1.82) is 0 Å². The van der Waals surface area contributed by atoms with Crippen LogP contribution in [-0.4, -0.2) is 40.5 Å². The summed E-state index contributed by atoms with van der Waals surface area (Å²) in [6.07, 6.45) is 0. The molecule has 112 valence electrons. The number of amides is 1. The fourth-order valence-electron chi connectivity index (χ4n) is 1.91. The van der Waals surface area contributed by atoms with Crippen LogP contribution in [-0.2, 0) is 9.59 Å². The number of thiophene rings is 1. The number of carboxylic acids is 1. The van der Waals surface area contributed by atoms with Crippen molar-refractivity contribution in [3.8, 4) is 0 Å². The van der Waals surface area contributed by atoms with E-state index in [2.05, 4.69) is 5.32 Å². The summed E-state index contributed by atoms with van der Waals surface area (Å²) in [7, 11) is 0. The highest BCUT2D eigenvalue weighted by Gasteiger charge is 2.34. The molecule has 0 saturated carbocycles. The van der Waals surface area contributed by atoms with E-state index in [0.29, 0.717) is 6.54 Å². The minimum Gasteiger partial charge on any atom is -0.480 e. The predicted octanol–water partition coefficient (Wildman–Crippen LogP) is 2.11. The summed E-state index contributed by atoms with van der Waals surface area (Å²) >= 11 is 1.59. The molecule has 0 bridgehead atoms. The van der Waals surface area contributed by atoms with E-state index < -0.39 is 11.5 Å². The standard InChI is InChI=1S/C14H22N2O3S/c1-5-16(14(3,4)13(18)19)9-12(17)15-10(2)11-7-6-8-20-11/h6-8,10H,5,9H2,1-4H3,(H,15,17)(H,18,19). The lowest BCUT2D eigenvalue weighted by molar-refractivity contribution is -0.150. The van der Waals surface area contributed by atoms with Crippen LogP contribution in [0.2, 0.25) is 0 Å². The second-order valence-electron chi connectivity index (χ2n) is 5.18. The molecule has 0 spiro atoms. The van der Waals surface area contributed by atoms with E-state index in [0.717, 1.165) is 4.88 Å². The van der Waals surface area contributed by atoms with Crippen LogP contribution in [0.5, 0.6) is 0 Å². The van der Waals surface area contributed by atoms with Crippen molar-refractivity contribution in [2.45, 2.75) is 39.3 Å². The zero-order valence-electron chi connectivity index (χ0n) is 12.3. The largest absolute Gasteiger partial charge is 0.480 e. The molecular weight excluding hydrogens is 276 g/mol. The highest BCUT2D eigenvalue weighted by molar-refractivity contribution is 7.10. The molecular formula is C14H22N2O3S. The molecule has 5 nitrogen and oxygen atoms in total. The second-order valence-corrected chi connectivity index (χ2v) is 6.16. The highest BCUT2D eigenvalue weighted by Crippen LogP contribution is 2.18. The maximum absolute atomic E-state index is 12.0. The van der Waals surface area contributed by atoms with Gasteiger partial charge in [-0.05, 0) is 38.8 Å². The fourth-order valence-corrected chi connectivity index (χ4v) is 2.64. The Morgan fingerprint density at radius 2 is 2.15 bits per heavy atom. The summed E-state index contributed by atoms with van der Waals surface area (Å²) in [5, 5.41) is 14.1. The summed E-state index contributed by atoms with van der Waals surface area (Å²) in [6.45, 7) is 7.55. The van der Waals surface area contributed by atoms with Gasteiger partial charge in [-0.1, -0.05) is 13.0 Å². The van der Waals surface area contributed by atoms with Gasteiger partial charge in [0.25, 0.3) is 0 Å². The van der Waals surface area contributed by atoms with Crippen molar-refractivity contribution in [3.05, 3.63) is 22.4 Å². The van der Waals surface area contributed by atoms with Crippen molar-refractivity contribution in [2.75, 3.05) is 13.1 Å². The van der Waals surface area contributed by atoms with Gasteiger partial charge in [0.2, 0.25) is 5.91 Å². The fraction of sp³-hybridized carbons (Fsp3) is 0.571. The lowest BCUT2D eigenvalue weighted by Crippen LogP contribution is -2.53. The third kappa shape index (κ3) is 4.05. The van der Waals surface area contributed by atoms with Crippen LogP contribution in [0, 0.1) is 0 Å². The molecule has 1 heterocycles. The van der Waals surface area contributed by atoms with Crippen LogP contribution in [0.4, 0.5) is 0 Å². The smallest absolute Gasteiger partial charge is 0.323 e. The van der Waals surface area contributed by atoms with E-state index in [-0.39, 0.29) is 18.5 Å². The molecule has 0 aliphatic rings. The van der Waals surface area contributed by atoms with Crippen LogP contribution >= 0.6 is 11.3 Å². The number of likely N-dealkylation sites (N-methyl/N-ethyl adjacent to an activating group) is 1. The van der Waals surface area contributed by atoms with Gasteiger partial charge in [-0.25, -0.2) is 0 Å². The first-order chi connectivity index (χ1) is 9.28. The second kappa shape index (κ2) is 6.85. The molecule has 0 saturated heterocycles. The van der Waals surface area contributed by atoms with Crippen LogP contribution in [0.25, 0.3) is 0 Å². The summed E-state index contributed by atoms with van der Waals surface area (Å²) in [4.78, 5) is 26.0. The minimum atomic E-state index is -1.06. The normalized spacial score (nSPS) is 13.2. The van der Waals surface area contributed by atoms with Crippen LogP contribution in [0.15, 0.2) is 17.5 Å². The van der Waals surface area contributed by atoms with E-state index in [1.807, 2.05) is 31.4 Å². The molecule has 20 heavy (non-hydrogen) atoms. The Morgan fingerprint density at radius 3 is 2.60 bits per heavy atom. The molecule has 0 fully saturated rings. The van der Waals surface area contributed by atoms with Crippen LogP contribution < -0.4 is 5.32 Å². The van der Waals surface area contributed by atoms with Gasteiger partial charge in [0.05, 0.1) is 12.6 Å². The van der Waals surface area contributed by atoms with Crippen LogP contribution in [0.1, 0.15) is 38.6 Å². The molecule has 1 amide bonds. The SMILES string of the molecule is CCN(CC(=O)NC(C)c1cccs1)C(C)(C)C(=O)O. The predicted molar refractivity (Wildman–Crippen MR) is 79.8 cm³/mol. The lowest BCUT2D eigenvalue weighted by atomic mass is 10.0. The van der Waals surface area contributed by atoms with Gasteiger partial charge in [-0.3, -0.25) is 14.5 Å². The number of carboxylic acid groups (broad SMARTS) is 1. The Bertz CT molecular complexity index is 457. The Labute approximate surface area is 123 Å². The van der Waals surface area contributed by atoms with Gasteiger partial charge < -0.3 is 10.4 Å².